The molecule has 0 saturated heterocycles. The van der Waals surface area contributed by atoms with Crippen molar-refractivity contribution in [2.45, 2.75) is 29.2 Å². The Balaban J connectivity index is -0.0000000208. The number of ether oxygens (including phenoxy) is 1. The van der Waals surface area contributed by atoms with Crippen LogP contribution in [0.1, 0.15) is 29.2 Å². The molecule has 0 radical (unpaired) electrons. The van der Waals surface area contributed by atoms with Gasteiger partial charge in [-0.3, -0.25) is 0 Å². The van der Waals surface area contributed by atoms with E-state index in [0.29, 0.717) is 0 Å². The van der Waals surface area contributed by atoms with E-state index in [4.69, 9.17) is 4.74 Å². The molecule has 0 bridgehead atoms. The van der Waals surface area contributed by atoms with Crippen molar-refractivity contribution in [3.8, 4) is 0 Å². The lowest BCUT2D eigenvalue weighted by Crippen LogP contribution is -2.80. The van der Waals surface area contributed by atoms with Gasteiger partial charge in [0, 0.05) is 6.61 Å². The molecule has 4 N–H and O–H groups in total. The smallest absolute Gasteiger partial charge is 0.179 e. The van der Waals surface area contributed by atoms with E-state index in [1.807, 2.05) is 19.3 Å². The Labute approximate surface area is 66.1 Å². The summed E-state index contributed by atoms with van der Waals surface area (Å²) in [4.78, 5) is 0. The third-order valence-corrected chi connectivity index (χ3v) is 0.489. The Kier molecular flexibility index (Phi) is 120. The van der Waals surface area contributed by atoms with Gasteiger partial charge in [0.25, 0.3) is 0 Å². The molecular formula is C7H26NO2+. The van der Waals surface area contributed by atoms with Crippen LogP contribution in [-0.2, 0) is 4.74 Å². The minimum absolute atomic E-state index is 0. The number of nitrogens with two attached hydrogens (primary N) is 1. The summed E-state index contributed by atoms with van der Waals surface area (Å²) in [6, 6.07) is 0. The summed E-state index contributed by atoms with van der Waals surface area (Å²) >= 11 is 0. The molecule has 0 rings (SSSR count). The second-order valence-electron chi connectivity index (χ2n) is 1.07. The second-order valence-corrected chi connectivity index (χ2v) is 1.07. The molecule has 10 heavy (non-hydrogen) atoms. The number of rotatable bonds is 3. The highest BCUT2D eigenvalue weighted by Gasteiger charge is 1.73. The van der Waals surface area contributed by atoms with Gasteiger partial charge in [0.1, 0.15) is 0 Å². The van der Waals surface area contributed by atoms with E-state index in [1.54, 1.807) is 0 Å². The summed E-state index contributed by atoms with van der Waals surface area (Å²) < 4.78 is 4.93. The van der Waals surface area contributed by atoms with Crippen LogP contribution in [0.2, 0.25) is 0 Å². The molecule has 0 spiro atoms. The van der Waals surface area contributed by atoms with Crippen LogP contribution in [0.3, 0.4) is 0 Å². The Morgan fingerprint density at radius 1 is 1.20 bits per heavy atom. The number of hydrogen-bond acceptors (Lipinski definition) is 1. The highest BCUT2D eigenvalue weighted by Crippen LogP contribution is 1.57. The predicted octanol–water partition coefficient (Wildman–Crippen LogP) is 0.257. The zero-order valence-electron chi connectivity index (χ0n) is 4.90. The van der Waals surface area contributed by atoms with Crippen LogP contribution < -0.4 is 5.32 Å². The van der Waals surface area contributed by atoms with Crippen LogP contribution >= 0.6 is 0 Å². The summed E-state index contributed by atoms with van der Waals surface area (Å²) in [5.74, 6) is 0. The van der Waals surface area contributed by atoms with Crippen molar-refractivity contribution in [3.05, 3.63) is 0 Å². The van der Waals surface area contributed by atoms with Gasteiger partial charge in [0.05, 0.1) is 7.05 Å². The molecule has 70 valence electrons. The molecule has 0 unspecified atom stereocenters. The largest absolute Gasteiger partial charge is 0.412 e. The maximum atomic E-state index is 4.93. The first-order valence-electron chi connectivity index (χ1n) is 2.27. The lowest BCUT2D eigenvalue weighted by Gasteiger charge is -1.90. The van der Waals surface area contributed by atoms with E-state index in [0.717, 1.165) is 13.3 Å². The summed E-state index contributed by atoms with van der Waals surface area (Å²) in [5, 5.41) is 1.99. The minimum Gasteiger partial charge on any atom is -0.412 e. The van der Waals surface area contributed by atoms with Crippen molar-refractivity contribution in [2.24, 2.45) is 0 Å². The molecule has 0 aromatic rings. The SMILES string of the molecule is C.C.C.CCOC[NH2+]C.O. The van der Waals surface area contributed by atoms with Gasteiger partial charge >= 0.3 is 0 Å². The van der Waals surface area contributed by atoms with Crippen molar-refractivity contribution in [1.29, 1.82) is 0 Å². The average molecular weight is 156 g/mol. The van der Waals surface area contributed by atoms with Gasteiger partial charge in [-0.25, -0.2) is 0 Å². The van der Waals surface area contributed by atoms with Gasteiger partial charge in [-0.2, -0.15) is 0 Å². The van der Waals surface area contributed by atoms with Crippen molar-refractivity contribution >= 4 is 0 Å². The van der Waals surface area contributed by atoms with Crippen LogP contribution in [0, 0.1) is 0 Å². The average Bonchev–Trinajstić information content (AvgIpc) is 1.61. The molecule has 0 heterocycles. The Bertz CT molecular complexity index is 23.6. The number of hydrogen-bond donors (Lipinski definition) is 1. The molecular weight excluding hydrogens is 130 g/mol. The lowest BCUT2D eigenvalue weighted by atomic mass is 10.9. The predicted molar refractivity (Wildman–Crippen MR) is 48.1 cm³/mol. The molecule has 0 amide bonds. The second kappa shape index (κ2) is 36.6. The third kappa shape index (κ3) is 45.0. The van der Waals surface area contributed by atoms with Crippen molar-refractivity contribution < 1.29 is 15.5 Å². The van der Waals surface area contributed by atoms with Gasteiger partial charge < -0.3 is 15.5 Å². The zero-order chi connectivity index (χ0) is 4.83. The summed E-state index contributed by atoms with van der Waals surface area (Å²) in [5.41, 5.74) is 0. The van der Waals surface area contributed by atoms with E-state index < -0.39 is 0 Å². The fraction of sp³-hybridized carbons (Fsp3) is 1.00. The van der Waals surface area contributed by atoms with E-state index >= 15 is 0 Å². The number of quaternary nitrogens is 1. The van der Waals surface area contributed by atoms with E-state index in [2.05, 4.69) is 0 Å². The molecule has 0 aromatic carbocycles. The van der Waals surface area contributed by atoms with Gasteiger partial charge in [-0.15, -0.1) is 0 Å². The Hall–Kier alpha value is -0.120. The van der Waals surface area contributed by atoms with Gasteiger partial charge in [0.15, 0.2) is 6.73 Å². The molecule has 0 aliphatic carbocycles. The zero-order valence-corrected chi connectivity index (χ0v) is 4.90. The van der Waals surface area contributed by atoms with Gasteiger partial charge in [-0.1, -0.05) is 22.3 Å². The molecule has 3 heteroatoms. The van der Waals surface area contributed by atoms with Crippen LogP contribution in [0.25, 0.3) is 0 Å². The topological polar surface area (TPSA) is 57.3 Å². The third-order valence-electron chi connectivity index (χ3n) is 0.489. The molecule has 0 aliphatic rings. The highest BCUT2D eigenvalue weighted by atomic mass is 16.5. The van der Waals surface area contributed by atoms with Crippen molar-refractivity contribution in [3.63, 3.8) is 0 Å². The van der Waals surface area contributed by atoms with Crippen LogP contribution in [0.4, 0.5) is 0 Å². The summed E-state index contributed by atoms with van der Waals surface area (Å²) in [6.07, 6.45) is 0. The monoisotopic (exact) mass is 156 g/mol. The molecule has 0 aliphatic heterocycles. The van der Waals surface area contributed by atoms with E-state index in [1.165, 1.54) is 0 Å². The molecule has 0 atom stereocenters. The van der Waals surface area contributed by atoms with Crippen molar-refractivity contribution in [1.82, 2.24) is 0 Å². The maximum absolute atomic E-state index is 4.93. The van der Waals surface area contributed by atoms with Gasteiger partial charge in [-0.05, 0) is 6.92 Å². The molecule has 0 fully saturated rings. The van der Waals surface area contributed by atoms with Gasteiger partial charge in [0.2, 0.25) is 0 Å². The molecule has 0 saturated carbocycles. The van der Waals surface area contributed by atoms with Crippen molar-refractivity contribution in [2.75, 3.05) is 20.4 Å². The Morgan fingerprint density at radius 3 is 1.70 bits per heavy atom. The first-order valence-corrected chi connectivity index (χ1v) is 2.27. The lowest BCUT2D eigenvalue weighted by molar-refractivity contribution is -0.661. The first-order chi connectivity index (χ1) is 2.91. The maximum Gasteiger partial charge on any atom is 0.179 e. The molecule has 0 aromatic heterocycles. The van der Waals surface area contributed by atoms with Crippen LogP contribution in [-0.4, -0.2) is 25.9 Å². The highest BCUT2D eigenvalue weighted by molar-refractivity contribution is 3.98. The summed E-state index contributed by atoms with van der Waals surface area (Å²) in [7, 11) is 1.98. The fourth-order valence-electron chi connectivity index (χ4n) is 0.236. The molecule has 3 nitrogen and oxygen atoms in total. The summed E-state index contributed by atoms with van der Waals surface area (Å²) in [6.45, 7) is 3.60. The van der Waals surface area contributed by atoms with E-state index in [-0.39, 0.29) is 27.8 Å². The first kappa shape index (κ1) is 32.7. The van der Waals surface area contributed by atoms with E-state index in [9.17, 15) is 0 Å². The normalized spacial score (nSPS) is 5.40. The van der Waals surface area contributed by atoms with Crippen LogP contribution in [0.5, 0.6) is 0 Å². The standard InChI is InChI=1S/C4H11NO.3CH4.H2O/c1-3-6-4-5-2;;;;/h5H,3-4H2,1-2H3;3*1H4;1H2/p+1. The Morgan fingerprint density at radius 2 is 1.60 bits per heavy atom. The van der Waals surface area contributed by atoms with Crippen LogP contribution in [0.15, 0.2) is 0 Å². The fourth-order valence-corrected chi connectivity index (χ4v) is 0.236. The minimum atomic E-state index is 0. The quantitative estimate of drug-likeness (QED) is 0.462.